The number of carbonyl (C=O) groups excluding carboxylic acids is 1. The summed E-state index contributed by atoms with van der Waals surface area (Å²) in [4.78, 5) is 11.5. The van der Waals surface area contributed by atoms with Crippen molar-refractivity contribution in [2.24, 2.45) is 0 Å². The molecule has 0 spiro atoms. The molecule has 2 N–H and O–H groups in total. The summed E-state index contributed by atoms with van der Waals surface area (Å²) in [5, 5.41) is 9.99. The first kappa shape index (κ1) is 11.5. The van der Waals surface area contributed by atoms with Gasteiger partial charge in [-0.3, -0.25) is 4.79 Å². The SMILES string of the molecule is Cl.O=C(N[C@H]1CCNC1)c1ccsc1. The molecule has 1 fully saturated rings. The zero-order valence-electron chi connectivity index (χ0n) is 7.66. The van der Waals surface area contributed by atoms with E-state index in [1.807, 2.05) is 16.8 Å². The van der Waals surface area contributed by atoms with Gasteiger partial charge in [-0.25, -0.2) is 0 Å². The van der Waals surface area contributed by atoms with Gasteiger partial charge >= 0.3 is 0 Å². The molecule has 1 aromatic heterocycles. The van der Waals surface area contributed by atoms with E-state index in [0.29, 0.717) is 6.04 Å². The number of rotatable bonds is 2. The number of nitrogens with one attached hydrogen (secondary N) is 2. The topological polar surface area (TPSA) is 41.1 Å². The number of halogens is 1. The van der Waals surface area contributed by atoms with Crippen molar-refractivity contribution in [2.75, 3.05) is 13.1 Å². The van der Waals surface area contributed by atoms with Crippen LogP contribution in [0.2, 0.25) is 0 Å². The molecule has 0 unspecified atom stereocenters. The monoisotopic (exact) mass is 232 g/mol. The van der Waals surface area contributed by atoms with Gasteiger partial charge in [0.05, 0.1) is 0 Å². The number of hydrogen-bond acceptors (Lipinski definition) is 3. The van der Waals surface area contributed by atoms with Gasteiger partial charge in [0.1, 0.15) is 0 Å². The lowest BCUT2D eigenvalue weighted by Gasteiger charge is -2.09. The molecule has 1 aromatic rings. The highest BCUT2D eigenvalue weighted by atomic mass is 35.5. The van der Waals surface area contributed by atoms with Gasteiger partial charge in [-0.05, 0) is 24.4 Å². The van der Waals surface area contributed by atoms with E-state index < -0.39 is 0 Å². The zero-order valence-corrected chi connectivity index (χ0v) is 9.29. The smallest absolute Gasteiger partial charge is 0.252 e. The van der Waals surface area contributed by atoms with Crippen LogP contribution in [-0.2, 0) is 0 Å². The van der Waals surface area contributed by atoms with Gasteiger partial charge in [-0.2, -0.15) is 11.3 Å². The van der Waals surface area contributed by atoms with E-state index in [9.17, 15) is 4.79 Å². The molecule has 14 heavy (non-hydrogen) atoms. The molecule has 0 bridgehead atoms. The Kier molecular flexibility index (Phi) is 4.38. The van der Waals surface area contributed by atoms with Gasteiger partial charge in [-0.15, -0.1) is 12.4 Å². The molecule has 1 atom stereocenters. The summed E-state index contributed by atoms with van der Waals surface area (Å²) in [7, 11) is 0. The molecule has 2 rings (SSSR count). The third-order valence-electron chi connectivity index (χ3n) is 2.18. The Morgan fingerprint density at radius 1 is 1.64 bits per heavy atom. The van der Waals surface area contributed by atoms with Crippen LogP contribution >= 0.6 is 23.7 Å². The van der Waals surface area contributed by atoms with E-state index in [1.54, 1.807) is 11.3 Å². The van der Waals surface area contributed by atoms with Crippen LogP contribution in [-0.4, -0.2) is 25.0 Å². The average Bonchev–Trinajstić information content (AvgIpc) is 2.74. The maximum atomic E-state index is 11.5. The minimum Gasteiger partial charge on any atom is -0.348 e. The summed E-state index contributed by atoms with van der Waals surface area (Å²) >= 11 is 1.55. The van der Waals surface area contributed by atoms with E-state index >= 15 is 0 Å². The van der Waals surface area contributed by atoms with Crippen molar-refractivity contribution in [3.05, 3.63) is 22.4 Å². The fourth-order valence-corrected chi connectivity index (χ4v) is 2.08. The highest BCUT2D eigenvalue weighted by Gasteiger charge is 2.17. The van der Waals surface area contributed by atoms with Crippen LogP contribution in [0.5, 0.6) is 0 Å². The second-order valence-electron chi connectivity index (χ2n) is 3.18. The first-order chi connectivity index (χ1) is 6.36. The molecular formula is C9H13ClN2OS. The highest BCUT2D eigenvalue weighted by Crippen LogP contribution is 2.06. The Bertz CT molecular complexity index is 283. The van der Waals surface area contributed by atoms with Crippen molar-refractivity contribution in [3.8, 4) is 0 Å². The van der Waals surface area contributed by atoms with E-state index in [1.165, 1.54) is 0 Å². The summed E-state index contributed by atoms with van der Waals surface area (Å²) in [6.07, 6.45) is 1.04. The van der Waals surface area contributed by atoms with Crippen LogP contribution in [0.4, 0.5) is 0 Å². The fraction of sp³-hybridized carbons (Fsp3) is 0.444. The number of thiophene rings is 1. The molecule has 5 heteroatoms. The number of amides is 1. The van der Waals surface area contributed by atoms with Gasteiger partial charge in [-0.1, -0.05) is 0 Å². The van der Waals surface area contributed by atoms with Crippen LogP contribution in [0.15, 0.2) is 16.8 Å². The summed E-state index contributed by atoms with van der Waals surface area (Å²) in [5.41, 5.74) is 0.775. The molecule has 1 amide bonds. The Balaban J connectivity index is 0.000000980. The molecule has 1 aliphatic rings. The van der Waals surface area contributed by atoms with Crippen LogP contribution in [0.1, 0.15) is 16.8 Å². The van der Waals surface area contributed by atoms with Gasteiger partial charge in [0.15, 0.2) is 0 Å². The second-order valence-corrected chi connectivity index (χ2v) is 3.96. The normalized spacial score (nSPS) is 20.1. The third kappa shape index (κ3) is 2.70. The highest BCUT2D eigenvalue weighted by molar-refractivity contribution is 7.08. The lowest BCUT2D eigenvalue weighted by atomic mass is 10.2. The first-order valence-electron chi connectivity index (χ1n) is 4.40. The van der Waals surface area contributed by atoms with Crippen LogP contribution < -0.4 is 10.6 Å². The molecule has 78 valence electrons. The Labute approximate surface area is 93.3 Å². The van der Waals surface area contributed by atoms with Crippen molar-refractivity contribution in [1.82, 2.24) is 10.6 Å². The molecule has 3 nitrogen and oxygen atoms in total. The molecule has 0 saturated carbocycles. The minimum atomic E-state index is 0. The average molecular weight is 233 g/mol. The standard InChI is InChI=1S/C9H12N2OS.ClH/c12-9(7-2-4-13-6-7)11-8-1-3-10-5-8;/h2,4,6,8,10H,1,3,5H2,(H,11,12);1H/t8-;/m0./s1. The van der Waals surface area contributed by atoms with E-state index in [-0.39, 0.29) is 18.3 Å². The summed E-state index contributed by atoms with van der Waals surface area (Å²) in [5.74, 6) is 0.0509. The van der Waals surface area contributed by atoms with Crippen LogP contribution in [0.3, 0.4) is 0 Å². The van der Waals surface area contributed by atoms with E-state index in [4.69, 9.17) is 0 Å². The van der Waals surface area contributed by atoms with Crippen LogP contribution in [0, 0.1) is 0 Å². The third-order valence-corrected chi connectivity index (χ3v) is 2.86. The lowest BCUT2D eigenvalue weighted by molar-refractivity contribution is 0.0940. The summed E-state index contributed by atoms with van der Waals surface area (Å²) in [6.45, 7) is 1.91. The number of hydrogen-bond donors (Lipinski definition) is 2. The summed E-state index contributed by atoms with van der Waals surface area (Å²) in [6, 6.07) is 2.16. The molecule has 0 aromatic carbocycles. The van der Waals surface area contributed by atoms with Gasteiger partial charge in [0, 0.05) is 23.5 Å². The quantitative estimate of drug-likeness (QED) is 0.806. The maximum absolute atomic E-state index is 11.5. The second kappa shape index (κ2) is 5.34. The van der Waals surface area contributed by atoms with Gasteiger partial charge < -0.3 is 10.6 Å². The van der Waals surface area contributed by atoms with E-state index in [0.717, 1.165) is 25.1 Å². The lowest BCUT2D eigenvalue weighted by Crippen LogP contribution is -2.35. The Morgan fingerprint density at radius 2 is 2.50 bits per heavy atom. The Morgan fingerprint density at radius 3 is 3.07 bits per heavy atom. The largest absolute Gasteiger partial charge is 0.348 e. The first-order valence-corrected chi connectivity index (χ1v) is 5.34. The molecule has 2 heterocycles. The van der Waals surface area contributed by atoms with Crippen molar-refractivity contribution in [2.45, 2.75) is 12.5 Å². The Hall–Kier alpha value is -0.580. The maximum Gasteiger partial charge on any atom is 0.252 e. The van der Waals surface area contributed by atoms with Crippen molar-refractivity contribution in [1.29, 1.82) is 0 Å². The molecular weight excluding hydrogens is 220 g/mol. The van der Waals surface area contributed by atoms with Gasteiger partial charge in [0.2, 0.25) is 0 Å². The molecule has 0 aliphatic carbocycles. The predicted octanol–water partition coefficient (Wildman–Crippen LogP) is 1.26. The van der Waals surface area contributed by atoms with Gasteiger partial charge in [0.25, 0.3) is 5.91 Å². The molecule has 1 aliphatic heterocycles. The van der Waals surface area contributed by atoms with Crippen LogP contribution in [0.25, 0.3) is 0 Å². The van der Waals surface area contributed by atoms with E-state index in [2.05, 4.69) is 10.6 Å². The van der Waals surface area contributed by atoms with Crippen molar-refractivity contribution >= 4 is 29.7 Å². The zero-order chi connectivity index (χ0) is 9.10. The predicted molar refractivity (Wildman–Crippen MR) is 60.3 cm³/mol. The number of carbonyl (C=O) groups is 1. The minimum absolute atomic E-state index is 0. The molecule has 1 saturated heterocycles. The summed E-state index contributed by atoms with van der Waals surface area (Å²) < 4.78 is 0. The molecule has 0 radical (unpaired) electrons. The fourth-order valence-electron chi connectivity index (χ4n) is 1.44. The van der Waals surface area contributed by atoms with Crippen molar-refractivity contribution < 1.29 is 4.79 Å². The van der Waals surface area contributed by atoms with Crippen molar-refractivity contribution in [3.63, 3.8) is 0 Å².